The van der Waals surface area contributed by atoms with Crippen LogP contribution in [0.3, 0.4) is 0 Å². The summed E-state index contributed by atoms with van der Waals surface area (Å²) in [6.07, 6.45) is 0.888. The van der Waals surface area contributed by atoms with Crippen molar-refractivity contribution in [2.45, 2.75) is 60.2 Å². The molecule has 3 aromatic rings. The van der Waals surface area contributed by atoms with E-state index in [1.54, 1.807) is 29.3 Å². The lowest BCUT2D eigenvalue weighted by molar-refractivity contribution is -0.137. The molecule has 0 saturated carbocycles. The van der Waals surface area contributed by atoms with Crippen LogP contribution in [0, 0.1) is 5.82 Å². The second-order valence-electron chi connectivity index (χ2n) is 9.95. The molecule has 2 heterocycles. The van der Waals surface area contributed by atoms with Crippen molar-refractivity contribution in [2.24, 2.45) is 10.7 Å². The van der Waals surface area contributed by atoms with Gasteiger partial charge in [-0.15, -0.1) is 0 Å². The number of aliphatic imine (C=N–C) groups is 1. The Morgan fingerprint density at radius 2 is 1.58 bits per heavy atom. The normalized spacial score (nSPS) is 12.7. The van der Waals surface area contributed by atoms with E-state index in [1.807, 2.05) is 51.8 Å². The molecular formula is C35H43F4N5O. The Balaban J connectivity index is 0.000000544. The number of nitrogens with two attached hydrogens (primary N) is 1. The van der Waals surface area contributed by atoms with Crippen LogP contribution < -0.4 is 5.73 Å². The SMILES string of the molecule is C=C1N=C(C)N(CC(=O)N(CCN)Cc2ccc(-c3ccc(C(F)(F)F)cc3)nc2)C=C1CC.CC.CCc1ccc(F)cc1. The van der Waals surface area contributed by atoms with Crippen LogP contribution in [-0.2, 0) is 23.9 Å². The molecular weight excluding hydrogens is 582 g/mol. The van der Waals surface area contributed by atoms with Crippen LogP contribution in [0.2, 0.25) is 0 Å². The Kier molecular flexibility index (Phi) is 14.6. The molecule has 0 unspecified atom stereocenters. The molecule has 10 heteroatoms. The maximum absolute atomic E-state index is 13.0. The maximum Gasteiger partial charge on any atom is 0.416 e. The average Bonchev–Trinajstić information content (AvgIpc) is 3.04. The molecule has 0 bridgehead atoms. The summed E-state index contributed by atoms with van der Waals surface area (Å²) in [5.74, 6) is 0.434. The first-order valence-electron chi connectivity index (χ1n) is 15.0. The maximum atomic E-state index is 13.0. The van der Waals surface area contributed by atoms with E-state index < -0.39 is 11.7 Å². The van der Waals surface area contributed by atoms with Crippen LogP contribution >= 0.6 is 0 Å². The molecule has 2 aromatic carbocycles. The van der Waals surface area contributed by atoms with Gasteiger partial charge in [-0.25, -0.2) is 9.38 Å². The van der Waals surface area contributed by atoms with E-state index >= 15 is 0 Å². The van der Waals surface area contributed by atoms with Gasteiger partial charge in [0.05, 0.1) is 17.0 Å². The van der Waals surface area contributed by atoms with Crippen LogP contribution in [-0.4, -0.2) is 46.2 Å². The number of alkyl halides is 3. The number of carbonyl (C=O) groups excluding carboxylic acids is 1. The van der Waals surface area contributed by atoms with Gasteiger partial charge >= 0.3 is 6.18 Å². The molecule has 0 aliphatic carbocycles. The third-order valence-corrected chi connectivity index (χ3v) is 6.86. The van der Waals surface area contributed by atoms with Crippen molar-refractivity contribution in [1.29, 1.82) is 0 Å². The Hall–Kier alpha value is -4.31. The summed E-state index contributed by atoms with van der Waals surface area (Å²) in [5, 5.41) is 0. The van der Waals surface area contributed by atoms with E-state index in [1.165, 1.54) is 29.8 Å². The molecule has 45 heavy (non-hydrogen) atoms. The van der Waals surface area contributed by atoms with Gasteiger partial charge in [0.15, 0.2) is 0 Å². The lowest BCUT2D eigenvalue weighted by Crippen LogP contribution is -2.42. The Morgan fingerprint density at radius 3 is 2.09 bits per heavy atom. The topological polar surface area (TPSA) is 74.8 Å². The van der Waals surface area contributed by atoms with Crippen LogP contribution in [0.15, 0.2) is 95.9 Å². The largest absolute Gasteiger partial charge is 0.416 e. The third-order valence-electron chi connectivity index (χ3n) is 6.86. The van der Waals surface area contributed by atoms with Gasteiger partial charge < -0.3 is 15.5 Å². The summed E-state index contributed by atoms with van der Waals surface area (Å²) < 4.78 is 50.5. The number of aromatic nitrogens is 1. The molecule has 0 saturated heterocycles. The lowest BCUT2D eigenvalue weighted by Gasteiger charge is -2.29. The Labute approximate surface area is 264 Å². The number of carbonyl (C=O) groups is 1. The monoisotopic (exact) mass is 625 g/mol. The molecule has 1 aliphatic rings. The number of allylic oxidation sites excluding steroid dienone is 1. The van der Waals surface area contributed by atoms with Crippen LogP contribution in [0.25, 0.3) is 11.3 Å². The van der Waals surface area contributed by atoms with E-state index in [-0.39, 0.29) is 18.3 Å². The highest BCUT2D eigenvalue weighted by Gasteiger charge is 2.30. The number of amides is 1. The molecule has 1 aliphatic heterocycles. The smallest absolute Gasteiger partial charge is 0.335 e. The Bertz CT molecular complexity index is 1430. The van der Waals surface area contributed by atoms with E-state index in [2.05, 4.69) is 16.6 Å². The molecule has 1 aromatic heterocycles. The Morgan fingerprint density at radius 1 is 0.956 bits per heavy atom. The molecule has 0 radical (unpaired) electrons. The first-order valence-corrected chi connectivity index (χ1v) is 15.0. The van der Waals surface area contributed by atoms with E-state index in [0.29, 0.717) is 42.4 Å². The van der Waals surface area contributed by atoms with E-state index in [4.69, 9.17) is 5.73 Å². The predicted octanol–water partition coefficient (Wildman–Crippen LogP) is 8.01. The molecule has 2 N–H and O–H groups in total. The molecule has 0 atom stereocenters. The summed E-state index contributed by atoms with van der Waals surface area (Å²) in [5.41, 5.74) is 9.81. The van der Waals surface area contributed by atoms with Gasteiger partial charge in [-0.05, 0) is 66.8 Å². The van der Waals surface area contributed by atoms with E-state index in [9.17, 15) is 22.4 Å². The van der Waals surface area contributed by atoms with Gasteiger partial charge in [-0.3, -0.25) is 9.78 Å². The minimum Gasteiger partial charge on any atom is -0.335 e. The second-order valence-corrected chi connectivity index (χ2v) is 9.95. The number of hydrogen-bond acceptors (Lipinski definition) is 5. The molecule has 0 fully saturated rings. The zero-order valence-corrected chi connectivity index (χ0v) is 26.7. The summed E-state index contributed by atoms with van der Waals surface area (Å²) in [6, 6.07) is 15.0. The van der Waals surface area contributed by atoms with Crippen molar-refractivity contribution in [2.75, 3.05) is 19.6 Å². The minimum absolute atomic E-state index is 0.106. The van der Waals surface area contributed by atoms with Crippen LogP contribution in [0.1, 0.15) is 57.7 Å². The van der Waals surface area contributed by atoms with Crippen molar-refractivity contribution in [3.8, 4) is 11.3 Å². The number of pyridine rings is 1. The van der Waals surface area contributed by atoms with Gasteiger partial charge in [-0.2, -0.15) is 13.2 Å². The van der Waals surface area contributed by atoms with Crippen LogP contribution in [0.4, 0.5) is 17.6 Å². The zero-order valence-electron chi connectivity index (χ0n) is 26.7. The fourth-order valence-electron chi connectivity index (χ4n) is 4.30. The van der Waals surface area contributed by atoms with Crippen molar-refractivity contribution < 1.29 is 22.4 Å². The molecule has 1 amide bonds. The highest BCUT2D eigenvalue weighted by atomic mass is 19.4. The van der Waals surface area contributed by atoms with Gasteiger partial charge in [-0.1, -0.05) is 64.6 Å². The second kappa shape index (κ2) is 17.9. The quantitative estimate of drug-likeness (QED) is 0.245. The molecule has 0 spiro atoms. The number of halogens is 4. The zero-order chi connectivity index (χ0) is 33.6. The summed E-state index contributed by atoms with van der Waals surface area (Å²) >= 11 is 0. The summed E-state index contributed by atoms with van der Waals surface area (Å²) in [6.45, 7) is 15.0. The number of amidine groups is 1. The fourth-order valence-corrected chi connectivity index (χ4v) is 4.30. The molecule has 242 valence electrons. The number of nitrogens with zero attached hydrogens (tertiary/aromatic N) is 4. The van der Waals surface area contributed by atoms with Gasteiger partial charge in [0, 0.05) is 37.6 Å². The van der Waals surface area contributed by atoms with Crippen molar-refractivity contribution >= 4 is 11.7 Å². The standard InChI is InChI=1S/C25H28F3N5O.C8H9F.C2H6/c1-4-20-15-33(18(3)31-17(20)2)16-24(34)32(12-11-29)14-19-5-10-23(30-13-19)21-6-8-22(9-7-21)25(26,27)28;1-2-7-3-5-8(9)6-4-7;1-2/h5-10,13,15H,2,4,11-12,14,16,29H2,1,3H3;3-6H,2H2,1H3;1-2H3. The van der Waals surface area contributed by atoms with Crippen molar-refractivity contribution in [3.05, 3.63) is 113 Å². The van der Waals surface area contributed by atoms with Crippen molar-refractivity contribution in [3.63, 3.8) is 0 Å². The number of benzene rings is 2. The van der Waals surface area contributed by atoms with Gasteiger partial charge in [0.1, 0.15) is 18.2 Å². The average molecular weight is 626 g/mol. The number of rotatable bonds is 9. The number of hydrogen-bond donors (Lipinski definition) is 1. The van der Waals surface area contributed by atoms with Gasteiger partial charge in [0.2, 0.25) is 5.91 Å². The first-order chi connectivity index (χ1) is 21.4. The first kappa shape index (κ1) is 36.9. The lowest BCUT2D eigenvalue weighted by atomic mass is 10.1. The fraction of sp³-hybridized carbons (Fsp3) is 0.343. The number of aryl methyl sites for hydroxylation is 1. The third kappa shape index (κ3) is 11.3. The molecule has 4 rings (SSSR count). The summed E-state index contributed by atoms with van der Waals surface area (Å²) in [4.78, 5) is 25.3. The van der Waals surface area contributed by atoms with E-state index in [0.717, 1.165) is 36.1 Å². The van der Waals surface area contributed by atoms with Gasteiger partial charge in [0.25, 0.3) is 0 Å². The minimum atomic E-state index is -4.38. The van der Waals surface area contributed by atoms with Crippen molar-refractivity contribution in [1.82, 2.24) is 14.8 Å². The molecule has 6 nitrogen and oxygen atoms in total. The highest BCUT2D eigenvalue weighted by Crippen LogP contribution is 2.30. The highest BCUT2D eigenvalue weighted by molar-refractivity contribution is 5.89. The van der Waals surface area contributed by atoms with Crippen LogP contribution in [0.5, 0.6) is 0 Å². The predicted molar refractivity (Wildman–Crippen MR) is 174 cm³/mol. The summed E-state index contributed by atoms with van der Waals surface area (Å²) in [7, 11) is 0.